The van der Waals surface area contributed by atoms with Gasteiger partial charge in [-0.25, -0.2) is 9.97 Å². The van der Waals surface area contributed by atoms with Gasteiger partial charge in [-0.2, -0.15) is 0 Å². The third-order valence-corrected chi connectivity index (χ3v) is 3.72. The molecule has 0 aliphatic heterocycles. The first-order valence-electron chi connectivity index (χ1n) is 6.69. The van der Waals surface area contributed by atoms with Gasteiger partial charge >= 0.3 is 0 Å². The molecule has 0 radical (unpaired) electrons. The topological polar surface area (TPSA) is 47.0 Å². The first kappa shape index (κ1) is 13.3. The monoisotopic (exact) mass is 249 g/mol. The third kappa shape index (κ3) is 3.19. The Hall–Kier alpha value is -1.16. The van der Waals surface area contributed by atoms with Crippen LogP contribution in [0.1, 0.15) is 37.1 Å². The highest BCUT2D eigenvalue weighted by Crippen LogP contribution is 2.38. The standard InChI is InChI=1S/C14H23N3O/c1-11-8-12(2)17-13(16-11)15-9-14(10-18-3)6-4-5-7-14/h8H,4-7,9-10H2,1-3H3,(H,15,16,17). The summed E-state index contributed by atoms with van der Waals surface area (Å²) in [5, 5.41) is 3.39. The summed E-state index contributed by atoms with van der Waals surface area (Å²) in [7, 11) is 1.79. The fourth-order valence-electron chi connectivity index (χ4n) is 2.87. The van der Waals surface area contributed by atoms with E-state index in [9.17, 15) is 0 Å². The van der Waals surface area contributed by atoms with E-state index in [4.69, 9.17) is 4.74 Å². The van der Waals surface area contributed by atoms with Gasteiger partial charge in [0.25, 0.3) is 0 Å². The number of hydrogen-bond donors (Lipinski definition) is 1. The molecular formula is C14H23N3O. The zero-order chi connectivity index (χ0) is 13.0. The van der Waals surface area contributed by atoms with Gasteiger partial charge in [0.1, 0.15) is 0 Å². The lowest BCUT2D eigenvalue weighted by Crippen LogP contribution is -2.32. The number of aromatic nitrogens is 2. The van der Waals surface area contributed by atoms with Crippen LogP contribution < -0.4 is 5.32 Å². The van der Waals surface area contributed by atoms with Gasteiger partial charge in [0.05, 0.1) is 6.61 Å². The lowest BCUT2D eigenvalue weighted by Gasteiger charge is -2.28. The number of aryl methyl sites for hydroxylation is 2. The molecular weight excluding hydrogens is 226 g/mol. The van der Waals surface area contributed by atoms with E-state index in [1.165, 1.54) is 25.7 Å². The Balaban J connectivity index is 2.00. The van der Waals surface area contributed by atoms with Crippen molar-refractivity contribution in [3.63, 3.8) is 0 Å². The van der Waals surface area contributed by atoms with Crippen molar-refractivity contribution in [3.8, 4) is 0 Å². The summed E-state index contributed by atoms with van der Waals surface area (Å²) in [6.07, 6.45) is 5.08. The molecule has 1 saturated carbocycles. The minimum Gasteiger partial charge on any atom is -0.384 e. The summed E-state index contributed by atoms with van der Waals surface area (Å²) in [6.45, 7) is 5.73. The van der Waals surface area contributed by atoms with Crippen LogP contribution in [0.2, 0.25) is 0 Å². The largest absolute Gasteiger partial charge is 0.384 e. The molecule has 1 aromatic heterocycles. The Morgan fingerprint density at radius 2 is 1.83 bits per heavy atom. The molecule has 0 aromatic carbocycles. The van der Waals surface area contributed by atoms with Gasteiger partial charge in [-0.05, 0) is 32.8 Å². The predicted molar refractivity (Wildman–Crippen MR) is 72.8 cm³/mol. The van der Waals surface area contributed by atoms with E-state index in [1.807, 2.05) is 19.9 Å². The second-order valence-electron chi connectivity index (χ2n) is 5.47. The van der Waals surface area contributed by atoms with Gasteiger partial charge in [0, 0.05) is 30.5 Å². The fraction of sp³-hybridized carbons (Fsp3) is 0.714. The van der Waals surface area contributed by atoms with Crippen molar-refractivity contribution in [2.24, 2.45) is 5.41 Å². The molecule has 1 heterocycles. The third-order valence-electron chi connectivity index (χ3n) is 3.72. The van der Waals surface area contributed by atoms with Crippen LogP contribution in [0, 0.1) is 19.3 Å². The Morgan fingerprint density at radius 1 is 1.22 bits per heavy atom. The molecule has 0 atom stereocenters. The van der Waals surface area contributed by atoms with E-state index in [0.717, 1.165) is 30.5 Å². The second kappa shape index (κ2) is 5.65. The molecule has 100 valence electrons. The number of methoxy groups -OCH3 is 1. The molecule has 0 spiro atoms. The molecule has 1 aliphatic rings. The summed E-state index contributed by atoms with van der Waals surface area (Å²) < 4.78 is 5.38. The van der Waals surface area contributed by atoms with Crippen molar-refractivity contribution < 1.29 is 4.74 Å². The van der Waals surface area contributed by atoms with Crippen molar-refractivity contribution >= 4 is 5.95 Å². The van der Waals surface area contributed by atoms with E-state index in [-0.39, 0.29) is 5.41 Å². The number of nitrogens with one attached hydrogen (secondary N) is 1. The molecule has 0 saturated heterocycles. The van der Waals surface area contributed by atoms with E-state index < -0.39 is 0 Å². The van der Waals surface area contributed by atoms with Crippen LogP contribution in [0.4, 0.5) is 5.95 Å². The molecule has 4 heteroatoms. The predicted octanol–water partition coefficient (Wildman–Crippen LogP) is 2.71. The first-order valence-corrected chi connectivity index (χ1v) is 6.69. The van der Waals surface area contributed by atoms with Gasteiger partial charge in [0.2, 0.25) is 5.95 Å². The van der Waals surface area contributed by atoms with Crippen LogP contribution in [-0.2, 0) is 4.74 Å². The summed E-state index contributed by atoms with van der Waals surface area (Å²) in [4.78, 5) is 8.85. The molecule has 1 aromatic rings. The Bertz CT molecular complexity index is 380. The van der Waals surface area contributed by atoms with Crippen LogP contribution in [0.5, 0.6) is 0 Å². The molecule has 18 heavy (non-hydrogen) atoms. The SMILES string of the molecule is COCC1(CNc2nc(C)cc(C)n2)CCCC1. The maximum absolute atomic E-state index is 5.38. The maximum atomic E-state index is 5.38. The number of nitrogens with zero attached hydrogens (tertiary/aromatic N) is 2. The molecule has 1 fully saturated rings. The quantitative estimate of drug-likeness (QED) is 0.871. The van der Waals surface area contributed by atoms with Crippen molar-refractivity contribution in [2.45, 2.75) is 39.5 Å². The second-order valence-corrected chi connectivity index (χ2v) is 5.47. The van der Waals surface area contributed by atoms with Crippen LogP contribution in [0.15, 0.2) is 6.07 Å². The Morgan fingerprint density at radius 3 is 2.39 bits per heavy atom. The molecule has 1 aliphatic carbocycles. The van der Waals surface area contributed by atoms with Crippen molar-refractivity contribution in [1.29, 1.82) is 0 Å². The first-order chi connectivity index (χ1) is 8.63. The lowest BCUT2D eigenvalue weighted by atomic mass is 9.87. The van der Waals surface area contributed by atoms with Crippen LogP contribution >= 0.6 is 0 Å². The summed E-state index contributed by atoms with van der Waals surface area (Å²) in [6, 6.07) is 1.99. The minimum atomic E-state index is 0.274. The summed E-state index contributed by atoms with van der Waals surface area (Å²) in [5.41, 5.74) is 2.30. The Kier molecular flexibility index (Phi) is 4.17. The molecule has 4 nitrogen and oxygen atoms in total. The summed E-state index contributed by atoms with van der Waals surface area (Å²) in [5.74, 6) is 0.745. The van der Waals surface area contributed by atoms with Gasteiger partial charge in [-0.3, -0.25) is 0 Å². The van der Waals surface area contributed by atoms with E-state index >= 15 is 0 Å². The van der Waals surface area contributed by atoms with Crippen molar-refractivity contribution in [1.82, 2.24) is 9.97 Å². The number of hydrogen-bond acceptors (Lipinski definition) is 4. The molecule has 1 N–H and O–H groups in total. The smallest absolute Gasteiger partial charge is 0.223 e. The molecule has 2 rings (SSSR count). The van der Waals surface area contributed by atoms with E-state index in [2.05, 4.69) is 15.3 Å². The molecule has 0 bridgehead atoms. The zero-order valence-corrected chi connectivity index (χ0v) is 11.6. The average molecular weight is 249 g/mol. The highest BCUT2D eigenvalue weighted by molar-refractivity contribution is 5.28. The molecule has 0 amide bonds. The van der Waals surface area contributed by atoms with Crippen molar-refractivity contribution in [3.05, 3.63) is 17.5 Å². The van der Waals surface area contributed by atoms with Crippen LogP contribution in [0.25, 0.3) is 0 Å². The van der Waals surface area contributed by atoms with E-state index in [1.54, 1.807) is 7.11 Å². The zero-order valence-electron chi connectivity index (χ0n) is 11.6. The van der Waals surface area contributed by atoms with Gasteiger partial charge in [-0.15, -0.1) is 0 Å². The van der Waals surface area contributed by atoms with Gasteiger partial charge in [0.15, 0.2) is 0 Å². The highest BCUT2D eigenvalue weighted by Gasteiger charge is 2.33. The molecule has 0 unspecified atom stereocenters. The highest BCUT2D eigenvalue weighted by atomic mass is 16.5. The maximum Gasteiger partial charge on any atom is 0.223 e. The average Bonchev–Trinajstić information content (AvgIpc) is 2.75. The van der Waals surface area contributed by atoms with Crippen LogP contribution in [0.3, 0.4) is 0 Å². The number of anilines is 1. The number of rotatable bonds is 5. The minimum absolute atomic E-state index is 0.274. The van der Waals surface area contributed by atoms with Gasteiger partial charge in [-0.1, -0.05) is 12.8 Å². The fourth-order valence-corrected chi connectivity index (χ4v) is 2.87. The van der Waals surface area contributed by atoms with Crippen molar-refractivity contribution in [2.75, 3.05) is 25.6 Å². The van der Waals surface area contributed by atoms with Gasteiger partial charge < -0.3 is 10.1 Å². The number of ether oxygens (including phenoxy) is 1. The van der Waals surface area contributed by atoms with Crippen LogP contribution in [-0.4, -0.2) is 30.2 Å². The summed E-state index contributed by atoms with van der Waals surface area (Å²) >= 11 is 0. The normalized spacial score (nSPS) is 17.9. The lowest BCUT2D eigenvalue weighted by molar-refractivity contribution is 0.0922. The van der Waals surface area contributed by atoms with E-state index in [0.29, 0.717) is 0 Å². The Labute approximate surface area is 109 Å².